The molecule has 0 aromatic heterocycles. The maximum Gasteiger partial charge on any atom is 0.306 e. The number of hydrogen-bond acceptors (Lipinski definition) is 7. The van der Waals surface area contributed by atoms with E-state index in [4.69, 9.17) is 0 Å². The van der Waals surface area contributed by atoms with E-state index in [1.165, 1.54) is 33.2 Å². The summed E-state index contributed by atoms with van der Waals surface area (Å²) in [6.45, 7) is 1.28. The second-order valence-corrected chi connectivity index (χ2v) is 9.13. The van der Waals surface area contributed by atoms with Crippen molar-refractivity contribution in [1.82, 2.24) is 4.72 Å². The van der Waals surface area contributed by atoms with Crippen molar-refractivity contribution < 1.29 is 26.1 Å². The number of nitrogens with one attached hydrogen (secondary N) is 3. The summed E-state index contributed by atoms with van der Waals surface area (Å²) in [6, 6.07) is 5.06. The van der Waals surface area contributed by atoms with Crippen molar-refractivity contribution in [3.8, 4) is 0 Å². The van der Waals surface area contributed by atoms with Gasteiger partial charge in [0.1, 0.15) is 0 Å². The molecule has 13 heteroatoms. The van der Waals surface area contributed by atoms with Crippen molar-refractivity contribution in [2.75, 3.05) is 24.1 Å². The van der Waals surface area contributed by atoms with Crippen molar-refractivity contribution in [3.05, 3.63) is 51.8 Å². The van der Waals surface area contributed by atoms with Gasteiger partial charge in [0, 0.05) is 13.1 Å². The standard InChI is InChI=1S/C15H17FN4O6S2/c1-9-6-11(16)14(20(21)22)8-15(9)28(25,26)19-13-7-10(27(23,24)18-3)4-5-12(13)17-2/h4-8,17-19H,1-3H3. The van der Waals surface area contributed by atoms with Crippen molar-refractivity contribution in [3.63, 3.8) is 0 Å². The molecule has 0 saturated heterocycles. The average molecular weight is 432 g/mol. The predicted octanol–water partition coefficient (Wildman–Crippen LogP) is 1.79. The first-order valence-electron chi connectivity index (χ1n) is 7.65. The fraction of sp³-hybridized carbons (Fsp3) is 0.200. The Morgan fingerprint density at radius 2 is 1.64 bits per heavy atom. The first-order valence-corrected chi connectivity index (χ1v) is 10.6. The largest absolute Gasteiger partial charge is 0.386 e. The molecular weight excluding hydrogens is 415 g/mol. The van der Waals surface area contributed by atoms with Crippen LogP contribution in [0.2, 0.25) is 0 Å². The number of hydrogen-bond donors (Lipinski definition) is 3. The van der Waals surface area contributed by atoms with Gasteiger partial charge < -0.3 is 5.32 Å². The molecule has 0 bridgehead atoms. The summed E-state index contributed by atoms with van der Waals surface area (Å²) < 4.78 is 67.5. The highest BCUT2D eigenvalue weighted by atomic mass is 32.2. The van der Waals surface area contributed by atoms with E-state index in [9.17, 15) is 31.3 Å². The van der Waals surface area contributed by atoms with Gasteiger partial charge >= 0.3 is 5.69 Å². The fourth-order valence-electron chi connectivity index (χ4n) is 2.38. The van der Waals surface area contributed by atoms with E-state index >= 15 is 0 Å². The summed E-state index contributed by atoms with van der Waals surface area (Å²) in [7, 11) is -5.55. The van der Waals surface area contributed by atoms with Crippen LogP contribution < -0.4 is 14.8 Å². The number of benzene rings is 2. The molecular formula is C15H17FN4O6S2. The van der Waals surface area contributed by atoms with Gasteiger partial charge in [0.2, 0.25) is 15.8 Å². The van der Waals surface area contributed by atoms with E-state index in [1.54, 1.807) is 0 Å². The summed E-state index contributed by atoms with van der Waals surface area (Å²) in [6.07, 6.45) is 0. The summed E-state index contributed by atoms with van der Waals surface area (Å²) in [4.78, 5) is 9.18. The van der Waals surface area contributed by atoms with Gasteiger partial charge in [0.25, 0.3) is 10.0 Å². The molecule has 0 unspecified atom stereocenters. The van der Waals surface area contributed by atoms with Crippen LogP contribution >= 0.6 is 0 Å². The van der Waals surface area contributed by atoms with Crippen LogP contribution in [0.1, 0.15) is 5.56 Å². The molecule has 2 aromatic rings. The predicted molar refractivity (Wildman–Crippen MR) is 101 cm³/mol. The van der Waals surface area contributed by atoms with E-state index in [2.05, 4.69) is 14.8 Å². The van der Waals surface area contributed by atoms with Gasteiger partial charge in [-0.3, -0.25) is 14.8 Å². The number of nitro groups is 1. The van der Waals surface area contributed by atoms with Crippen molar-refractivity contribution in [2.24, 2.45) is 0 Å². The minimum atomic E-state index is -4.39. The molecule has 0 radical (unpaired) electrons. The lowest BCUT2D eigenvalue weighted by atomic mass is 10.2. The molecule has 28 heavy (non-hydrogen) atoms. The van der Waals surface area contributed by atoms with Gasteiger partial charge in [0.05, 0.1) is 26.1 Å². The van der Waals surface area contributed by atoms with Gasteiger partial charge in [0.15, 0.2) is 0 Å². The van der Waals surface area contributed by atoms with Gasteiger partial charge in [-0.2, -0.15) is 4.39 Å². The number of anilines is 2. The van der Waals surface area contributed by atoms with E-state index < -0.39 is 41.4 Å². The summed E-state index contributed by atoms with van der Waals surface area (Å²) >= 11 is 0. The molecule has 0 amide bonds. The normalized spacial score (nSPS) is 11.9. The highest BCUT2D eigenvalue weighted by Crippen LogP contribution is 2.30. The van der Waals surface area contributed by atoms with Crippen molar-refractivity contribution >= 4 is 37.1 Å². The lowest BCUT2D eigenvalue weighted by Gasteiger charge is -2.15. The Morgan fingerprint density at radius 3 is 2.18 bits per heavy atom. The van der Waals surface area contributed by atoms with Crippen LogP contribution in [0.3, 0.4) is 0 Å². The minimum absolute atomic E-state index is 0.0550. The fourth-order valence-corrected chi connectivity index (χ4v) is 4.46. The molecule has 0 fully saturated rings. The topological polar surface area (TPSA) is 148 Å². The lowest BCUT2D eigenvalue weighted by molar-refractivity contribution is -0.387. The maximum atomic E-state index is 13.7. The Bertz CT molecular complexity index is 1150. The van der Waals surface area contributed by atoms with E-state index in [1.807, 2.05) is 0 Å². The quantitative estimate of drug-likeness (QED) is 0.446. The van der Waals surface area contributed by atoms with Crippen LogP contribution in [0, 0.1) is 22.9 Å². The van der Waals surface area contributed by atoms with E-state index in [0.29, 0.717) is 6.07 Å². The molecule has 0 atom stereocenters. The number of nitrogens with zero attached hydrogens (tertiary/aromatic N) is 1. The summed E-state index contributed by atoms with van der Waals surface area (Å²) in [5.74, 6) is -1.17. The molecule has 0 heterocycles. The molecule has 0 aliphatic heterocycles. The van der Waals surface area contributed by atoms with Gasteiger partial charge in [-0.25, -0.2) is 21.6 Å². The van der Waals surface area contributed by atoms with Crippen molar-refractivity contribution in [1.29, 1.82) is 0 Å². The second-order valence-electron chi connectivity index (χ2n) is 5.60. The third-order valence-corrected chi connectivity index (χ3v) is 6.73. The van der Waals surface area contributed by atoms with E-state index in [0.717, 1.165) is 12.1 Å². The van der Waals surface area contributed by atoms with Gasteiger partial charge in [-0.05, 0) is 43.8 Å². The minimum Gasteiger partial charge on any atom is -0.386 e. The molecule has 0 spiro atoms. The average Bonchev–Trinajstić information content (AvgIpc) is 2.60. The zero-order chi connectivity index (χ0) is 21.3. The summed E-state index contributed by atoms with van der Waals surface area (Å²) in [5, 5.41) is 13.6. The van der Waals surface area contributed by atoms with Crippen LogP contribution in [0.5, 0.6) is 0 Å². The number of rotatable bonds is 7. The number of aryl methyl sites for hydroxylation is 1. The molecule has 10 nitrogen and oxygen atoms in total. The SMILES string of the molecule is CNc1ccc(S(=O)(=O)NC)cc1NS(=O)(=O)c1cc([N+](=O)[O-])c(F)cc1C. The third-order valence-electron chi connectivity index (χ3n) is 3.81. The highest BCUT2D eigenvalue weighted by Gasteiger charge is 2.25. The molecule has 2 aromatic carbocycles. The Morgan fingerprint density at radius 1 is 1.00 bits per heavy atom. The molecule has 3 N–H and O–H groups in total. The van der Waals surface area contributed by atoms with Crippen LogP contribution in [-0.2, 0) is 20.0 Å². The first-order chi connectivity index (χ1) is 12.9. The molecule has 0 aliphatic carbocycles. The van der Waals surface area contributed by atoms with Crippen LogP contribution in [0.15, 0.2) is 40.1 Å². The first kappa shape index (κ1) is 21.5. The lowest BCUT2D eigenvalue weighted by Crippen LogP contribution is -2.20. The van der Waals surface area contributed by atoms with Gasteiger partial charge in [-0.15, -0.1) is 0 Å². The molecule has 0 saturated carbocycles. The Balaban J connectivity index is 2.60. The maximum absolute atomic E-state index is 13.7. The van der Waals surface area contributed by atoms with Gasteiger partial charge in [-0.1, -0.05) is 0 Å². The third kappa shape index (κ3) is 4.21. The highest BCUT2D eigenvalue weighted by molar-refractivity contribution is 7.92. The number of nitro benzene ring substituents is 1. The Labute approximate surface area is 161 Å². The number of sulfonamides is 2. The van der Waals surface area contributed by atoms with Crippen LogP contribution in [-0.4, -0.2) is 35.9 Å². The second kappa shape index (κ2) is 7.69. The molecule has 152 valence electrons. The summed E-state index contributed by atoms with van der Waals surface area (Å²) in [5.41, 5.74) is -0.898. The smallest absolute Gasteiger partial charge is 0.306 e. The Hall–Kier alpha value is -2.77. The molecule has 0 aliphatic rings. The van der Waals surface area contributed by atoms with Crippen LogP contribution in [0.25, 0.3) is 0 Å². The number of halogens is 1. The zero-order valence-corrected chi connectivity index (χ0v) is 16.6. The zero-order valence-electron chi connectivity index (χ0n) is 15.0. The van der Waals surface area contributed by atoms with E-state index in [-0.39, 0.29) is 21.8 Å². The van der Waals surface area contributed by atoms with Crippen LogP contribution in [0.4, 0.5) is 21.5 Å². The Kier molecular flexibility index (Phi) is 5.91. The molecule has 2 rings (SSSR count). The monoisotopic (exact) mass is 432 g/mol. The van der Waals surface area contributed by atoms with Crippen molar-refractivity contribution in [2.45, 2.75) is 16.7 Å².